The largest absolute Gasteiger partial charge is 0.376 e. The van der Waals surface area contributed by atoms with Crippen molar-refractivity contribution in [3.63, 3.8) is 0 Å². The second-order valence-electron chi connectivity index (χ2n) is 4.98. The van der Waals surface area contributed by atoms with Gasteiger partial charge < -0.3 is 5.32 Å². The number of hydrogen-bond donors (Lipinski definition) is 1. The molecule has 0 bridgehead atoms. The summed E-state index contributed by atoms with van der Waals surface area (Å²) < 4.78 is 1.07. The Morgan fingerprint density at radius 1 is 1.39 bits per heavy atom. The van der Waals surface area contributed by atoms with Crippen LogP contribution >= 0.6 is 15.9 Å². The zero-order chi connectivity index (χ0) is 13.8. The normalized spacial score (nSPS) is 13.8. The van der Waals surface area contributed by atoms with Gasteiger partial charge in [-0.2, -0.15) is 0 Å². The highest BCUT2D eigenvalue weighted by molar-refractivity contribution is 9.10. The number of nitrogens with one attached hydrogen (secondary N) is 1. The van der Waals surface area contributed by atoms with Crippen LogP contribution in [0.15, 0.2) is 47.5 Å². The molecule has 1 atom stereocenters. The maximum Gasteiger partial charge on any atom is 0.0551 e. The number of halogens is 1. The molecule has 98 valence electrons. The van der Waals surface area contributed by atoms with Crippen molar-refractivity contribution in [2.75, 3.05) is 0 Å². The molecule has 0 aromatic heterocycles. The van der Waals surface area contributed by atoms with Crippen LogP contribution in [0, 0.1) is 0 Å². The Morgan fingerprint density at radius 2 is 2.06 bits per heavy atom. The van der Waals surface area contributed by atoms with Gasteiger partial charge in [0.1, 0.15) is 0 Å². The molecule has 0 amide bonds. The molecule has 0 fully saturated rings. The lowest BCUT2D eigenvalue weighted by atomic mass is 9.88. The molecule has 1 aromatic rings. The number of rotatable bonds is 6. The van der Waals surface area contributed by atoms with E-state index in [0.29, 0.717) is 0 Å². The first-order chi connectivity index (χ1) is 8.39. The Morgan fingerprint density at radius 3 is 2.56 bits per heavy atom. The second kappa shape index (κ2) is 6.24. The zero-order valence-electron chi connectivity index (χ0n) is 11.5. The van der Waals surface area contributed by atoms with Gasteiger partial charge in [0, 0.05) is 10.2 Å². The van der Waals surface area contributed by atoms with Crippen LogP contribution in [0.1, 0.15) is 39.2 Å². The molecule has 0 saturated carbocycles. The van der Waals surface area contributed by atoms with E-state index in [1.807, 2.05) is 12.1 Å². The molecule has 1 rings (SSSR count). The summed E-state index contributed by atoms with van der Waals surface area (Å²) in [5.41, 5.74) is 3.09. The Kier molecular flexibility index (Phi) is 5.21. The van der Waals surface area contributed by atoms with Crippen molar-refractivity contribution in [1.29, 1.82) is 0 Å². The lowest BCUT2D eigenvalue weighted by molar-refractivity contribution is 0.440. The van der Waals surface area contributed by atoms with E-state index in [9.17, 15) is 0 Å². The summed E-state index contributed by atoms with van der Waals surface area (Å²) in [5.74, 6) is 0. The van der Waals surface area contributed by atoms with Crippen molar-refractivity contribution in [2.45, 2.75) is 39.2 Å². The van der Waals surface area contributed by atoms with Gasteiger partial charge in [-0.15, -0.1) is 0 Å². The maximum absolute atomic E-state index is 4.14. The third-order valence-corrected chi connectivity index (χ3v) is 3.79. The molecule has 0 heterocycles. The summed E-state index contributed by atoms with van der Waals surface area (Å²) in [6.45, 7) is 14.7. The van der Waals surface area contributed by atoms with Crippen molar-refractivity contribution in [1.82, 2.24) is 5.32 Å². The lowest BCUT2D eigenvalue weighted by Gasteiger charge is -2.33. The fourth-order valence-electron chi connectivity index (χ4n) is 1.96. The van der Waals surface area contributed by atoms with Crippen LogP contribution in [0.25, 0.3) is 5.70 Å². The molecule has 0 radical (unpaired) electrons. The van der Waals surface area contributed by atoms with Crippen molar-refractivity contribution < 1.29 is 0 Å². The van der Waals surface area contributed by atoms with Crippen LogP contribution in [0.2, 0.25) is 0 Å². The van der Waals surface area contributed by atoms with Gasteiger partial charge in [0.15, 0.2) is 0 Å². The quantitative estimate of drug-likeness (QED) is 0.717. The minimum atomic E-state index is -0.0891. The minimum Gasteiger partial charge on any atom is -0.376 e. The van der Waals surface area contributed by atoms with Crippen LogP contribution in [0.5, 0.6) is 0 Å². The minimum absolute atomic E-state index is 0.0891. The summed E-state index contributed by atoms with van der Waals surface area (Å²) >= 11 is 3.48. The van der Waals surface area contributed by atoms with Crippen molar-refractivity contribution >= 4 is 21.6 Å². The molecular formula is C16H22BrN. The van der Waals surface area contributed by atoms with E-state index in [-0.39, 0.29) is 5.54 Å². The van der Waals surface area contributed by atoms with Crippen LogP contribution in [-0.4, -0.2) is 5.54 Å². The van der Waals surface area contributed by atoms with E-state index < -0.39 is 0 Å². The highest BCUT2D eigenvalue weighted by Crippen LogP contribution is 2.25. The van der Waals surface area contributed by atoms with E-state index in [0.717, 1.165) is 34.1 Å². The monoisotopic (exact) mass is 307 g/mol. The SMILES string of the molecule is C=C(NC(C)(CCC)C(=C)C)c1cccc(Br)c1. The number of hydrogen-bond acceptors (Lipinski definition) is 1. The van der Waals surface area contributed by atoms with Crippen molar-refractivity contribution in [3.05, 3.63) is 53.0 Å². The van der Waals surface area contributed by atoms with Gasteiger partial charge in [0.25, 0.3) is 0 Å². The molecule has 0 aliphatic rings. The molecule has 0 saturated heterocycles. The molecule has 1 nitrogen and oxygen atoms in total. The van der Waals surface area contributed by atoms with Gasteiger partial charge in [0.05, 0.1) is 5.54 Å². The Bertz CT molecular complexity index is 450. The van der Waals surface area contributed by atoms with Gasteiger partial charge in [-0.25, -0.2) is 0 Å². The Hall–Kier alpha value is -1.02. The highest BCUT2D eigenvalue weighted by atomic mass is 79.9. The van der Waals surface area contributed by atoms with Crippen LogP contribution in [0.4, 0.5) is 0 Å². The summed E-state index contributed by atoms with van der Waals surface area (Å²) in [6.07, 6.45) is 2.16. The first-order valence-corrected chi connectivity index (χ1v) is 7.07. The van der Waals surface area contributed by atoms with E-state index in [2.05, 4.69) is 67.3 Å². The molecule has 1 unspecified atom stereocenters. The molecule has 0 aliphatic heterocycles. The van der Waals surface area contributed by atoms with E-state index in [1.54, 1.807) is 0 Å². The average Bonchev–Trinajstić information content (AvgIpc) is 2.29. The summed E-state index contributed by atoms with van der Waals surface area (Å²) in [5, 5.41) is 3.52. The van der Waals surface area contributed by atoms with Crippen molar-refractivity contribution in [2.24, 2.45) is 0 Å². The molecule has 18 heavy (non-hydrogen) atoms. The standard InChI is InChI=1S/C16H22BrN/c1-6-10-16(5,12(2)3)18-13(4)14-8-7-9-15(17)11-14/h7-9,11,18H,2,4,6,10H2,1,3,5H3. The van der Waals surface area contributed by atoms with Crippen molar-refractivity contribution in [3.8, 4) is 0 Å². The highest BCUT2D eigenvalue weighted by Gasteiger charge is 2.24. The van der Waals surface area contributed by atoms with Crippen LogP contribution in [0.3, 0.4) is 0 Å². The molecule has 2 heteroatoms. The molecule has 1 aromatic carbocycles. The van der Waals surface area contributed by atoms with Gasteiger partial charge in [-0.1, -0.05) is 60.1 Å². The lowest BCUT2D eigenvalue weighted by Crippen LogP contribution is -2.41. The smallest absolute Gasteiger partial charge is 0.0551 e. The molecule has 0 aliphatic carbocycles. The third-order valence-electron chi connectivity index (χ3n) is 3.29. The van der Waals surface area contributed by atoms with Gasteiger partial charge in [0.2, 0.25) is 0 Å². The molecular weight excluding hydrogens is 286 g/mol. The van der Waals surface area contributed by atoms with E-state index in [4.69, 9.17) is 0 Å². The summed E-state index contributed by atoms with van der Waals surface area (Å²) in [6, 6.07) is 8.16. The maximum atomic E-state index is 4.14. The van der Waals surface area contributed by atoms with Gasteiger partial charge in [-0.3, -0.25) is 0 Å². The fraction of sp³-hybridized carbons (Fsp3) is 0.375. The van der Waals surface area contributed by atoms with Gasteiger partial charge >= 0.3 is 0 Å². The molecule has 1 N–H and O–H groups in total. The summed E-state index contributed by atoms with van der Waals surface area (Å²) in [4.78, 5) is 0. The second-order valence-corrected chi connectivity index (χ2v) is 5.89. The zero-order valence-corrected chi connectivity index (χ0v) is 13.1. The summed E-state index contributed by atoms with van der Waals surface area (Å²) in [7, 11) is 0. The Balaban J connectivity index is 2.88. The predicted octanol–water partition coefficient (Wildman–Crippen LogP) is 5.14. The van der Waals surface area contributed by atoms with Crippen LogP contribution < -0.4 is 5.32 Å². The van der Waals surface area contributed by atoms with Crippen LogP contribution in [-0.2, 0) is 0 Å². The first-order valence-electron chi connectivity index (χ1n) is 6.28. The first kappa shape index (κ1) is 15.0. The van der Waals surface area contributed by atoms with Gasteiger partial charge in [-0.05, 0) is 38.0 Å². The fourth-order valence-corrected chi connectivity index (χ4v) is 2.36. The predicted molar refractivity (Wildman–Crippen MR) is 84.4 cm³/mol. The topological polar surface area (TPSA) is 12.0 Å². The third kappa shape index (κ3) is 3.74. The molecule has 0 spiro atoms. The number of benzene rings is 1. The van der Waals surface area contributed by atoms with E-state index >= 15 is 0 Å². The Labute approximate surface area is 119 Å². The average molecular weight is 308 g/mol. The van der Waals surface area contributed by atoms with E-state index in [1.165, 1.54) is 0 Å².